The van der Waals surface area contributed by atoms with Crippen LogP contribution < -0.4 is 47.9 Å². The highest BCUT2D eigenvalue weighted by Crippen LogP contribution is 2.40. The van der Waals surface area contributed by atoms with Crippen molar-refractivity contribution < 1.29 is 47.7 Å². The lowest BCUT2D eigenvalue weighted by molar-refractivity contribution is -0.141. The summed E-state index contributed by atoms with van der Waals surface area (Å²) in [6.45, 7) is 11.8. The number of nitrogens with zero attached hydrogens (tertiary/aromatic N) is 1. The van der Waals surface area contributed by atoms with Gasteiger partial charge in [-0.2, -0.15) is 0 Å². The summed E-state index contributed by atoms with van der Waals surface area (Å²) in [6, 6.07) is 5.06. The molecular weight excluding hydrogens is 728 g/mol. The molecule has 0 fully saturated rings. The summed E-state index contributed by atoms with van der Waals surface area (Å²) in [6.07, 6.45) is -1.29. The molecule has 1 heterocycles. The molecule has 0 saturated heterocycles. The smallest absolute Gasteiger partial charge is 0.407 e. The number of alkyl carbamates (subject to hydrolysis) is 2. The molecule has 1 aliphatic heterocycles. The van der Waals surface area contributed by atoms with Crippen LogP contribution in [0.25, 0.3) is 11.1 Å². The molecule has 4 atom stereocenters. The lowest BCUT2D eigenvalue weighted by Crippen LogP contribution is -2.55. The van der Waals surface area contributed by atoms with E-state index in [9.17, 15) is 28.8 Å². The fourth-order valence-electron chi connectivity index (χ4n) is 5.50. The van der Waals surface area contributed by atoms with Crippen molar-refractivity contribution >= 4 is 35.8 Å². The monoisotopic (exact) mass is 784 g/mol. The van der Waals surface area contributed by atoms with E-state index in [1.54, 1.807) is 77.9 Å². The fraction of sp³-hybridized carbons (Fsp3) is 0.526. The number of likely N-dealkylation sites (N-methyl/N-ethyl adjacent to an activating group) is 1. The maximum atomic E-state index is 14.0. The third-order valence-corrected chi connectivity index (χ3v) is 8.12. The minimum atomic E-state index is -1.34. The second-order valence-electron chi connectivity index (χ2n) is 15.2. The van der Waals surface area contributed by atoms with Crippen LogP contribution in [0, 0.1) is 0 Å². The molecule has 1 aliphatic rings. The van der Waals surface area contributed by atoms with E-state index in [0.717, 1.165) is 4.90 Å². The first-order chi connectivity index (χ1) is 26.1. The molecule has 0 spiro atoms. The zero-order valence-electron chi connectivity index (χ0n) is 33.3. The van der Waals surface area contributed by atoms with Gasteiger partial charge in [-0.15, -0.1) is 0 Å². The third-order valence-electron chi connectivity index (χ3n) is 8.12. The lowest BCUT2D eigenvalue weighted by atomic mass is 9.93. The van der Waals surface area contributed by atoms with E-state index in [2.05, 4.69) is 21.3 Å². The predicted octanol–water partition coefficient (Wildman–Crippen LogP) is 0.977. The molecule has 0 saturated carbocycles. The van der Waals surface area contributed by atoms with E-state index < -0.39 is 71.2 Å². The van der Waals surface area contributed by atoms with Crippen molar-refractivity contribution in [2.45, 2.75) is 90.3 Å². The van der Waals surface area contributed by atoms with Gasteiger partial charge in [-0.25, -0.2) is 9.59 Å². The average molecular weight is 785 g/mol. The number of primary amides is 1. The predicted molar refractivity (Wildman–Crippen MR) is 206 cm³/mol. The molecule has 6 amide bonds. The molecular formula is C38H56N8O10. The summed E-state index contributed by atoms with van der Waals surface area (Å²) in [4.78, 5) is 79.0. The molecule has 3 rings (SSSR count). The van der Waals surface area contributed by atoms with Crippen LogP contribution in [0.5, 0.6) is 11.5 Å². The van der Waals surface area contributed by atoms with Gasteiger partial charge in [-0.3, -0.25) is 19.2 Å². The van der Waals surface area contributed by atoms with Gasteiger partial charge in [0.1, 0.15) is 54.0 Å². The zero-order valence-corrected chi connectivity index (χ0v) is 33.3. The van der Waals surface area contributed by atoms with Crippen molar-refractivity contribution in [3.63, 3.8) is 0 Å². The molecule has 308 valence electrons. The van der Waals surface area contributed by atoms with Crippen molar-refractivity contribution in [2.24, 2.45) is 17.2 Å². The summed E-state index contributed by atoms with van der Waals surface area (Å²) in [7, 11) is 1.39. The largest absolute Gasteiger partial charge is 0.491 e. The number of carbonyl (C=O) groups excluding carboxylic acids is 6. The van der Waals surface area contributed by atoms with E-state index >= 15 is 0 Å². The Morgan fingerprint density at radius 1 is 0.839 bits per heavy atom. The van der Waals surface area contributed by atoms with Crippen LogP contribution in [0.4, 0.5) is 9.59 Å². The van der Waals surface area contributed by atoms with E-state index in [1.807, 2.05) is 0 Å². The van der Waals surface area contributed by atoms with Crippen LogP contribution in [-0.2, 0) is 35.1 Å². The summed E-state index contributed by atoms with van der Waals surface area (Å²) in [5, 5.41) is 10.5. The molecule has 10 N–H and O–H groups in total. The van der Waals surface area contributed by atoms with E-state index in [0.29, 0.717) is 33.8 Å². The first-order valence-electron chi connectivity index (χ1n) is 18.2. The SMILES string of the molecule is C[C@@H]1NC(=O)[C@@H](N(C)C(=O)[C@@H](N)CN)c2ccc(OCCNC(=O)OC(C)(C)C)c(c2)-c2cc(ccc2OCCNC(=O)OC(C)(C)C)C[C@@H](C(N)=O)NC1=O. The maximum absolute atomic E-state index is 14.0. The molecule has 0 radical (unpaired) electrons. The maximum Gasteiger partial charge on any atom is 0.407 e. The number of hydrogen-bond acceptors (Lipinski definition) is 12. The molecule has 2 aromatic rings. The first kappa shape index (κ1) is 44.8. The van der Waals surface area contributed by atoms with Crippen LogP contribution in [-0.4, -0.2) is 110 Å². The quantitative estimate of drug-likeness (QED) is 0.149. The molecule has 0 aromatic heterocycles. The number of nitrogens with one attached hydrogen (secondary N) is 4. The van der Waals surface area contributed by atoms with Gasteiger partial charge >= 0.3 is 12.2 Å². The van der Waals surface area contributed by atoms with Crippen molar-refractivity contribution in [3.8, 4) is 22.6 Å². The number of amides is 6. The van der Waals surface area contributed by atoms with Crippen molar-refractivity contribution in [3.05, 3.63) is 47.5 Å². The van der Waals surface area contributed by atoms with Crippen molar-refractivity contribution in [2.75, 3.05) is 39.9 Å². The number of nitrogens with two attached hydrogens (primary N) is 3. The standard InChI is InChI=1S/C38H56N8O10/c1-21-32(48)45-27(31(41)47)18-22-9-11-28(53-15-13-42-35(51)55-37(2,3)4)24(17-22)25-19-23(30(33(49)44-21)46(8)34(50)26(40)20-39)10-12-29(25)54-16-14-43-36(52)56-38(5,6)7/h9-12,17,19,21,26-27,30H,13-16,18,20,39-40H2,1-8H3,(H2,41,47)(H,42,51)(H,43,52)(H,44,49)(H,45,48)/t21-,26-,27-,30-/m0/s1. The van der Waals surface area contributed by atoms with E-state index in [4.69, 9.17) is 36.1 Å². The Hall–Kier alpha value is -5.62. The molecule has 18 nitrogen and oxygen atoms in total. The summed E-state index contributed by atoms with van der Waals surface area (Å²) in [5.41, 5.74) is 17.7. The van der Waals surface area contributed by atoms with Gasteiger partial charge in [-0.1, -0.05) is 12.1 Å². The second kappa shape index (κ2) is 19.3. The van der Waals surface area contributed by atoms with E-state index in [-0.39, 0.29) is 39.3 Å². The molecule has 56 heavy (non-hydrogen) atoms. The van der Waals surface area contributed by atoms with Gasteiger partial charge in [0.05, 0.1) is 19.1 Å². The van der Waals surface area contributed by atoms with Crippen LogP contribution >= 0.6 is 0 Å². The number of fused-ring (bicyclic) bond motifs is 5. The minimum absolute atomic E-state index is 0.00160. The highest BCUT2D eigenvalue weighted by molar-refractivity contribution is 5.95. The summed E-state index contributed by atoms with van der Waals surface area (Å²) >= 11 is 0. The first-order valence-corrected chi connectivity index (χ1v) is 18.2. The number of carbonyl (C=O) groups is 6. The highest BCUT2D eigenvalue weighted by atomic mass is 16.6. The Balaban J connectivity index is 2.19. The number of ether oxygens (including phenoxy) is 4. The van der Waals surface area contributed by atoms with Crippen LogP contribution in [0.1, 0.15) is 65.6 Å². The molecule has 0 aliphatic carbocycles. The van der Waals surface area contributed by atoms with Crippen LogP contribution in [0.3, 0.4) is 0 Å². The molecule has 0 unspecified atom stereocenters. The molecule has 2 aromatic carbocycles. The fourth-order valence-corrected chi connectivity index (χ4v) is 5.50. The van der Waals surface area contributed by atoms with Gasteiger partial charge in [0.2, 0.25) is 23.6 Å². The van der Waals surface area contributed by atoms with Crippen molar-refractivity contribution in [1.29, 1.82) is 0 Å². The van der Waals surface area contributed by atoms with Gasteiger partial charge in [0.15, 0.2) is 0 Å². The third kappa shape index (κ3) is 13.3. The Labute approximate surface area is 326 Å². The molecule has 18 heteroatoms. The Morgan fingerprint density at radius 2 is 1.36 bits per heavy atom. The number of benzene rings is 2. The van der Waals surface area contributed by atoms with E-state index in [1.165, 1.54) is 14.0 Å². The summed E-state index contributed by atoms with van der Waals surface area (Å²) in [5.74, 6) is -2.28. The number of rotatable bonds is 12. The zero-order chi connectivity index (χ0) is 42.0. The normalized spacial score (nSPS) is 17.9. The Bertz CT molecular complexity index is 1760. The van der Waals surface area contributed by atoms with Gasteiger partial charge < -0.3 is 62.3 Å². The van der Waals surface area contributed by atoms with Crippen molar-refractivity contribution in [1.82, 2.24) is 26.2 Å². The lowest BCUT2D eigenvalue weighted by Gasteiger charge is -2.31. The molecule has 4 bridgehead atoms. The minimum Gasteiger partial charge on any atom is -0.491 e. The second-order valence-corrected chi connectivity index (χ2v) is 15.2. The summed E-state index contributed by atoms with van der Waals surface area (Å²) < 4.78 is 23.0. The van der Waals surface area contributed by atoms with Gasteiger partial charge in [-0.05, 0) is 83.9 Å². The van der Waals surface area contributed by atoms with Gasteiger partial charge in [0, 0.05) is 31.1 Å². The van der Waals surface area contributed by atoms with Gasteiger partial charge in [0.25, 0.3) is 0 Å². The number of hydrogen-bond donors (Lipinski definition) is 7. The Morgan fingerprint density at radius 3 is 1.86 bits per heavy atom. The van der Waals surface area contributed by atoms with Crippen LogP contribution in [0.2, 0.25) is 0 Å². The van der Waals surface area contributed by atoms with Crippen LogP contribution in [0.15, 0.2) is 36.4 Å². The highest BCUT2D eigenvalue weighted by Gasteiger charge is 2.34. The topological polar surface area (TPSA) is 269 Å². The average Bonchev–Trinajstić information content (AvgIpc) is 3.09. The Kier molecular flexibility index (Phi) is 15.4.